The molecule has 0 unspecified atom stereocenters. The van der Waals surface area contributed by atoms with Gasteiger partial charge in [0.2, 0.25) is 15.9 Å². The van der Waals surface area contributed by atoms with Crippen LogP contribution in [-0.4, -0.2) is 45.9 Å². The molecule has 1 fully saturated rings. The predicted octanol–water partition coefficient (Wildman–Crippen LogP) is 2.67. The highest BCUT2D eigenvalue weighted by atomic mass is 32.2. The average Bonchev–Trinajstić information content (AvgIpc) is 3.24. The molecule has 3 rings (SSSR count). The van der Waals surface area contributed by atoms with Crippen LogP contribution in [-0.2, 0) is 21.2 Å². The molecule has 1 amide bonds. The topological polar surface area (TPSA) is 84.9 Å². The minimum atomic E-state index is -3.45. The summed E-state index contributed by atoms with van der Waals surface area (Å²) >= 11 is 0. The van der Waals surface area contributed by atoms with Crippen molar-refractivity contribution in [2.45, 2.75) is 24.2 Å². The van der Waals surface area contributed by atoms with Gasteiger partial charge in [0.05, 0.1) is 25.5 Å². The number of nitrogens with zero attached hydrogens (tertiary/aromatic N) is 1. The van der Waals surface area contributed by atoms with Crippen molar-refractivity contribution in [3.8, 4) is 11.5 Å². The molecular formula is C20H24N2O5S. The molecule has 1 heterocycles. The molecule has 2 aromatic rings. The van der Waals surface area contributed by atoms with Crippen molar-refractivity contribution in [3.63, 3.8) is 0 Å². The van der Waals surface area contributed by atoms with Gasteiger partial charge >= 0.3 is 0 Å². The molecular weight excluding hydrogens is 380 g/mol. The van der Waals surface area contributed by atoms with Gasteiger partial charge in [0.25, 0.3) is 0 Å². The molecule has 0 radical (unpaired) electrons. The van der Waals surface area contributed by atoms with E-state index in [1.165, 1.54) is 16.4 Å². The van der Waals surface area contributed by atoms with Crippen molar-refractivity contribution in [1.82, 2.24) is 4.31 Å². The van der Waals surface area contributed by atoms with Gasteiger partial charge in [-0.05, 0) is 54.8 Å². The Kier molecular flexibility index (Phi) is 6.21. The number of carbonyl (C=O) groups excluding carboxylic acids is 1. The van der Waals surface area contributed by atoms with Gasteiger partial charge in [-0.15, -0.1) is 0 Å². The first-order valence-electron chi connectivity index (χ1n) is 9.05. The Hall–Kier alpha value is -2.58. The second-order valence-electron chi connectivity index (χ2n) is 6.55. The lowest BCUT2D eigenvalue weighted by Gasteiger charge is -2.15. The van der Waals surface area contributed by atoms with Crippen molar-refractivity contribution in [1.29, 1.82) is 0 Å². The summed E-state index contributed by atoms with van der Waals surface area (Å²) in [5, 5.41) is 2.79. The molecule has 0 atom stereocenters. The van der Waals surface area contributed by atoms with E-state index in [2.05, 4.69) is 5.32 Å². The molecule has 2 aromatic carbocycles. The average molecular weight is 404 g/mol. The maximum atomic E-state index is 12.5. The molecule has 0 aliphatic carbocycles. The molecule has 1 aliphatic heterocycles. The van der Waals surface area contributed by atoms with Gasteiger partial charge in [0.1, 0.15) is 0 Å². The summed E-state index contributed by atoms with van der Waals surface area (Å²) < 4.78 is 37.0. The molecule has 150 valence electrons. The smallest absolute Gasteiger partial charge is 0.243 e. The van der Waals surface area contributed by atoms with Gasteiger partial charge in [0.15, 0.2) is 11.5 Å². The maximum absolute atomic E-state index is 12.5. The van der Waals surface area contributed by atoms with Crippen molar-refractivity contribution in [2.75, 3.05) is 32.6 Å². The number of hydrogen-bond acceptors (Lipinski definition) is 5. The van der Waals surface area contributed by atoms with Gasteiger partial charge in [0, 0.05) is 18.8 Å². The lowest BCUT2D eigenvalue weighted by molar-refractivity contribution is -0.115. The number of carbonyl (C=O) groups is 1. The van der Waals surface area contributed by atoms with E-state index in [1.54, 1.807) is 44.6 Å². The first-order valence-corrected chi connectivity index (χ1v) is 10.5. The summed E-state index contributed by atoms with van der Waals surface area (Å²) in [5.41, 5.74) is 1.33. The number of benzene rings is 2. The summed E-state index contributed by atoms with van der Waals surface area (Å²) in [5.74, 6) is 0.952. The van der Waals surface area contributed by atoms with Crippen LogP contribution >= 0.6 is 0 Å². The highest BCUT2D eigenvalue weighted by Gasteiger charge is 2.26. The number of methoxy groups -OCH3 is 2. The van der Waals surface area contributed by atoms with Gasteiger partial charge in [-0.3, -0.25) is 4.79 Å². The van der Waals surface area contributed by atoms with E-state index >= 15 is 0 Å². The third kappa shape index (κ3) is 4.45. The van der Waals surface area contributed by atoms with Crippen LogP contribution in [0.15, 0.2) is 47.4 Å². The third-order valence-corrected chi connectivity index (χ3v) is 6.57. The maximum Gasteiger partial charge on any atom is 0.243 e. The fraction of sp³-hybridized carbons (Fsp3) is 0.350. The van der Waals surface area contributed by atoms with E-state index in [9.17, 15) is 13.2 Å². The van der Waals surface area contributed by atoms with Crippen LogP contribution < -0.4 is 14.8 Å². The second kappa shape index (κ2) is 8.62. The van der Waals surface area contributed by atoms with Crippen LogP contribution in [0.3, 0.4) is 0 Å². The van der Waals surface area contributed by atoms with Gasteiger partial charge in [-0.25, -0.2) is 8.42 Å². The van der Waals surface area contributed by atoms with E-state index in [0.29, 0.717) is 30.3 Å². The number of anilines is 1. The Labute approximate surface area is 165 Å². The highest BCUT2D eigenvalue weighted by molar-refractivity contribution is 7.89. The summed E-state index contributed by atoms with van der Waals surface area (Å²) in [6.45, 7) is 1.12. The molecule has 0 spiro atoms. The zero-order valence-electron chi connectivity index (χ0n) is 16.0. The van der Waals surface area contributed by atoms with E-state index < -0.39 is 10.0 Å². The van der Waals surface area contributed by atoms with E-state index in [0.717, 1.165) is 18.4 Å². The van der Waals surface area contributed by atoms with Crippen molar-refractivity contribution in [3.05, 3.63) is 48.0 Å². The Morgan fingerprint density at radius 1 is 1.00 bits per heavy atom. The number of rotatable bonds is 7. The summed E-state index contributed by atoms with van der Waals surface area (Å²) in [6, 6.07) is 11.6. The normalized spacial score (nSPS) is 14.6. The largest absolute Gasteiger partial charge is 0.493 e. The second-order valence-corrected chi connectivity index (χ2v) is 8.49. The van der Waals surface area contributed by atoms with Crippen molar-refractivity contribution >= 4 is 21.6 Å². The minimum Gasteiger partial charge on any atom is -0.493 e. The third-order valence-electron chi connectivity index (χ3n) is 4.65. The first kappa shape index (κ1) is 20.2. The number of nitrogens with one attached hydrogen (secondary N) is 1. The minimum absolute atomic E-state index is 0.161. The van der Waals surface area contributed by atoms with Gasteiger partial charge < -0.3 is 14.8 Å². The Bertz CT molecular complexity index is 936. The zero-order chi connectivity index (χ0) is 20.1. The van der Waals surface area contributed by atoms with Crippen LogP contribution in [0.5, 0.6) is 11.5 Å². The molecule has 28 heavy (non-hydrogen) atoms. The standard InChI is InChI=1S/C20H24N2O5S/c1-26-18-10-5-15(13-19(18)27-2)14-20(23)21-16-6-8-17(9-7-16)28(24,25)22-11-3-4-12-22/h5-10,13H,3-4,11-12,14H2,1-2H3,(H,21,23). The Morgan fingerprint density at radius 3 is 2.25 bits per heavy atom. The zero-order valence-corrected chi connectivity index (χ0v) is 16.8. The number of sulfonamides is 1. The Balaban J connectivity index is 1.65. The summed E-state index contributed by atoms with van der Waals surface area (Å²) in [7, 11) is -0.357. The van der Waals surface area contributed by atoms with E-state index in [4.69, 9.17) is 9.47 Å². The lowest BCUT2D eigenvalue weighted by Crippen LogP contribution is -2.27. The number of amides is 1. The molecule has 7 nitrogen and oxygen atoms in total. The van der Waals surface area contributed by atoms with Crippen molar-refractivity contribution < 1.29 is 22.7 Å². The van der Waals surface area contributed by atoms with E-state index in [1.807, 2.05) is 0 Å². The number of ether oxygens (including phenoxy) is 2. The molecule has 1 aliphatic rings. The predicted molar refractivity (Wildman–Crippen MR) is 106 cm³/mol. The molecule has 1 N–H and O–H groups in total. The van der Waals surface area contributed by atoms with Crippen molar-refractivity contribution in [2.24, 2.45) is 0 Å². The molecule has 0 bridgehead atoms. The number of hydrogen-bond donors (Lipinski definition) is 1. The molecule has 0 saturated carbocycles. The van der Waals surface area contributed by atoms with Crippen LogP contribution in [0.2, 0.25) is 0 Å². The molecule has 0 aromatic heterocycles. The Morgan fingerprint density at radius 2 is 1.64 bits per heavy atom. The van der Waals surface area contributed by atoms with Crippen LogP contribution in [0.25, 0.3) is 0 Å². The fourth-order valence-corrected chi connectivity index (χ4v) is 4.69. The fourth-order valence-electron chi connectivity index (χ4n) is 3.17. The van der Waals surface area contributed by atoms with Crippen LogP contribution in [0, 0.1) is 0 Å². The van der Waals surface area contributed by atoms with Crippen LogP contribution in [0.1, 0.15) is 18.4 Å². The molecule has 1 saturated heterocycles. The quantitative estimate of drug-likeness (QED) is 0.767. The highest BCUT2D eigenvalue weighted by Crippen LogP contribution is 2.28. The summed E-state index contributed by atoms with van der Waals surface area (Å²) in [4.78, 5) is 12.6. The molecule has 8 heteroatoms. The lowest BCUT2D eigenvalue weighted by atomic mass is 10.1. The van der Waals surface area contributed by atoms with Crippen LogP contribution in [0.4, 0.5) is 5.69 Å². The van der Waals surface area contributed by atoms with Gasteiger partial charge in [-0.2, -0.15) is 4.31 Å². The van der Waals surface area contributed by atoms with Gasteiger partial charge in [-0.1, -0.05) is 6.07 Å². The summed E-state index contributed by atoms with van der Waals surface area (Å²) in [6.07, 6.45) is 1.95. The monoisotopic (exact) mass is 404 g/mol. The van der Waals surface area contributed by atoms with E-state index in [-0.39, 0.29) is 17.2 Å². The first-order chi connectivity index (χ1) is 13.4. The SMILES string of the molecule is COc1ccc(CC(=O)Nc2ccc(S(=O)(=O)N3CCCC3)cc2)cc1OC.